The van der Waals surface area contributed by atoms with Gasteiger partial charge in [-0.1, -0.05) is 45.4 Å². The van der Waals surface area contributed by atoms with Crippen molar-refractivity contribution in [2.24, 2.45) is 0 Å². The molecule has 96 valence electrons. The van der Waals surface area contributed by atoms with Crippen LogP contribution in [-0.2, 0) is 0 Å². The molecule has 1 amide bonds. The average molecular weight is 237 g/mol. The SMILES string of the molecule is CCCCCCCCCNC(=O)n1ccnc1. The van der Waals surface area contributed by atoms with E-state index in [1.807, 2.05) is 0 Å². The summed E-state index contributed by atoms with van der Waals surface area (Å²) in [5.74, 6) is 0. The van der Waals surface area contributed by atoms with Gasteiger partial charge in [-0.25, -0.2) is 9.78 Å². The van der Waals surface area contributed by atoms with Crippen LogP contribution in [0.1, 0.15) is 51.9 Å². The van der Waals surface area contributed by atoms with Gasteiger partial charge in [-0.05, 0) is 6.42 Å². The summed E-state index contributed by atoms with van der Waals surface area (Å²) >= 11 is 0. The van der Waals surface area contributed by atoms with E-state index in [9.17, 15) is 4.79 Å². The summed E-state index contributed by atoms with van der Waals surface area (Å²) in [4.78, 5) is 15.3. The van der Waals surface area contributed by atoms with Crippen LogP contribution in [0.4, 0.5) is 4.79 Å². The van der Waals surface area contributed by atoms with Crippen molar-refractivity contribution in [3.05, 3.63) is 18.7 Å². The molecule has 1 heterocycles. The van der Waals surface area contributed by atoms with Crippen LogP contribution >= 0.6 is 0 Å². The number of nitrogens with one attached hydrogen (secondary N) is 1. The fourth-order valence-electron chi connectivity index (χ4n) is 1.75. The first-order chi connectivity index (χ1) is 8.34. The molecular weight excluding hydrogens is 214 g/mol. The Morgan fingerprint density at radius 1 is 1.18 bits per heavy atom. The summed E-state index contributed by atoms with van der Waals surface area (Å²) in [7, 11) is 0. The Balaban J connectivity index is 1.92. The third kappa shape index (κ3) is 6.09. The summed E-state index contributed by atoms with van der Waals surface area (Å²) < 4.78 is 1.46. The summed E-state index contributed by atoms with van der Waals surface area (Å²) in [5, 5.41) is 2.87. The lowest BCUT2D eigenvalue weighted by Gasteiger charge is -2.05. The number of aromatic nitrogens is 2. The van der Waals surface area contributed by atoms with Crippen LogP contribution in [0.3, 0.4) is 0 Å². The Morgan fingerprint density at radius 2 is 1.88 bits per heavy atom. The smallest absolute Gasteiger partial charge is 0.326 e. The number of hydrogen-bond donors (Lipinski definition) is 1. The van der Waals surface area contributed by atoms with E-state index < -0.39 is 0 Å². The zero-order valence-corrected chi connectivity index (χ0v) is 10.7. The second-order valence-corrected chi connectivity index (χ2v) is 4.32. The molecule has 0 aliphatic rings. The van der Waals surface area contributed by atoms with Crippen LogP contribution in [0.2, 0.25) is 0 Å². The molecule has 0 aromatic carbocycles. The minimum Gasteiger partial charge on any atom is -0.337 e. The fraction of sp³-hybridized carbons (Fsp3) is 0.692. The van der Waals surface area contributed by atoms with Gasteiger partial charge in [0, 0.05) is 18.9 Å². The largest absolute Gasteiger partial charge is 0.337 e. The van der Waals surface area contributed by atoms with Crippen LogP contribution in [0.5, 0.6) is 0 Å². The number of amides is 1. The number of carbonyl (C=O) groups excluding carboxylic acids is 1. The van der Waals surface area contributed by atoms with Gasteiger partial charge in [0.2, 0.25) is 0 Å². The molecule has 1 N–H and O–H groups in total. The molecule has 0 bridgehead atoms. The summed E-state index contributed by atoms with van der Waals surface area (Å²) in [6, 6.07) is -0.0894. The number of unbranched alkanes of at least 4 members (excludes halogenated alkanes) is 6. The van der Waals surface area contributed by atoms with Crippen LogP contribution in [0.25, 0.3) is 0 Å². The van der Waals surface area contributed by atoms with Gasteiger partial charge in [0.05, 0.1) is 0 Å². The highest BCUT2D eigenvalue weighted by Crippen LogP contribution is 2.06. The predicted molar refractivity (Wildman–Crippen MR) is 69.0 cm³/mol. The molecule has 0 fully saturated rings. The molecule has 0 atom stereocenters. The quantitative estimate of drug-likeness (QED) is 0.706. The Morgan fingerprint density at radius 3 is 2.53 bits per heavy atom. The second kappa shape index (κ2) is 8.79. The van der Waals surface area contributed by atoms with Crippen molar-refractivity contribution in [3.8, 4) is 0 Å². The molecule has 0 saturated carbocycles. The van der Waals surface area contributed by atoms with E-state index in [-0.39, 0.29) is 6.03 Å². The first kappa shape index (κ1) is 13.7. The minimum atomic E-state index is -0.0894. The molecule has 17 heavy (non-hydrogen) atoms. The maximum absolute atomic E-state index is 11.5. The van der Waals surface area contributed by atoms with Crippen LogP contribution in [0.15, 0.2) is 18.7 Å². The van der Waals surface area contributed by atoms with Gasteiger partial charge in [-0.3, -0.25) is 4.57 Å². The monoisotopic (exact) mass is 237 g/mol. The van der Waals surface area contributed by atoms with Gasteiger partial charge in [-0.15, -0.1) is 0 Å². The van der Waals surface area contributed by atoms with E-state index in [1.165, 1.54) is 49.4 Å². The van der Waals surface area contributed by atoms with Gasteiger partial charge in [-0.2, -0.15) is 0 Å². The normalized spacial score (nSPS) is 10.4. The predicted octanol–water partition coefficient (Wildman–Crippen LogP) is 3.19. The van der Waals surface area contributed by atoms with Gasteiger partial charge < -0.3 is 5.32 Å². The van der Waals surface area contributed by atoms with Crippen LogP contribution < -0.4 is 5.32 Å². The Kier molecular flexibility index (Phi) is 7.11. The average Bonchev–Trinajstić information content (AvgIpc) is 2.86. The van der Waals surface area contributed by atoms with E-state index >= 15 is 0 Å². The van der Waals surface area contributed by atoms with Crippen molar-refractivity contribution in [1.82, 2.24) is 14.9 Å². The molecule has 0 spiro atoms. The summed E-state index contributed by atoms with van der Waals surface area (Å²) in [5.41, 5.74) is 0. The third-order valence-electron chi connectivity index (χ3n) is 2.80. The zero-order chi connectivity index (χ0) is 12.3. The van der Waals surface area contributed by atoms with Crippen LogP contribution in [-0.4, -0.2) is 22.1 Å². The molecule has 4 nitrogen and oxygen atoms in total. The maximum atomic E-state index is 11.5. The number of imidazole rings is 1. The third-order valence-corrected chi connectivity index (χ3v) is 2.80. The Hall–Kier alpha value is -1.32. The molecular formula is C13H23N3O. The van der Waals surface area contributed by atoms with E-state index in [2.05, 4.69) is 17.2 Å². The number of rotatable bonds is 8. The van der Waals surface area contributed by atoms with Crippen molar-refractivity contribution in [1.29, 1.82) is 0 Å². The molecule has 0 saturated heterocycles. The van der Waals surface area contributed by atoms with Crippen molar-refractivity contribution in [2.45, 2.75) is 51.9 Å². The van der Waals surface area contributed by atoms with Crippen molar-refractivity contribution in [2.75, 3.05) is 6.54 Å². The lowest BCUT2D eigenvalue weighted by Crippen LogP contribution is -2.28. The van der Waals surface area contributed by atoms with Gasteiger partial charge in [0.25, 0.3) is 0 Å². The zero-order valence-electron chi connectivity index (χ0n) is 10.7. The molecule has 1 aromatic rings. The highest BCUT2D eigenvalue weighted by molar-refractivity contribution is 5.76. The van der Waals surface area contributed by atoms with Crippen molar-refractivity contribution >= 4 is 6.03 Å². The minimum absolute atomic E-state index is 0.0894. The Labute approximate surface area is 103 Å². The number of nitrogens with zero attached hydrogens (tertiary/aromatic N) is 2. The van der Waals surface area contributed by atoms with E-state index in [0.717, 1.165) is 13.0 Å². The maximum Gasteiger partial charge on any atom is 0.326 e. The lowest BCUT2D eigenvalue weighted by molar-refractivity contribution is 0.242. The van der Waals surface area contributed by atoms with Crippen molar-refractivity contribution < 1.29 is 4.79 Å². The first-order valence-corrected chi connectivity index (χ1v) is 6.60. The van der Waals surface area contributed by atoms with Gasteiger partial charge in [0.1, 0.15) is 6.33 Å². The lowest BCUT2D eigenvalue weighted by atomic mass is 10.1. The van der Waals surface area contributed by atoms with E-state index in [1.54, 1.807) is 12.4 Å². The fourth-order valence-corrected chi connectivity index (χ4v) is 1.75. The molecule has 1 rings (SSSR count). The molecule has 0 aliphatic heterocycles. The topological polar surface area (TPSA) is 46.9 Å². The number of hydrogen-bond acceptors (Lipinski definition) is 2. The Bertz CT molecular complexity index is 296. The molecule has 0 radical (unpaired) electrons. The summed E-state index contributed by atoms with van der Waals surface area (Å²) in [6.45, 7) is 2.98. The first-order valence-electron chi connectivity index (χ1n) is 6.60. The highest BCUT2D eigenvalue weighted by Gasteiger charge is 2.00. The molecule has 1 aromatic heterocycles. The van der Waals surface area contributed by atoms with Crippen LogP contribution in [0, 0.1) is 0 Å². The molecule has 0 aliphatic carbocycles. The van der Waals surface area contributed by atoms with E-state index in [0.29, 0.717) is 0 Å². The highest BCUT2D eigenvalue weighted by atomic mass is 16.2. The standard InChI is InChI=1S/C13H23N3O/c1-2-3-4-5-6-7-8-9-15-13(17)16-11-10-14-12-16/h10-12H,2-9H2,1H3,(H,15,17). The van der Waals surface area contributed by atoms with Crippen molar-refractivity contribution in [3.63, 3.8) is 0 Å². The second-order valence-electron chi connectivity index (χ2n) is 4.32. The van der Waals surface area contributed by atoms with E-state index in [4.69, 9.17) is 0 Å². The van der Waals surface area contributed by atoms with Gasteiger partial charge >= 0.3 is 6.03 Å². The van der Waals surface area contributed by atoms with Gasteiger partial charge in [0.15, 0.2) is 0 Å². The molecule has 0 unspecified atom stereocenters. The molecule has 4 heteroatoms. The number of carbonyl (C=O) groups is 1. The summed E-state index contributed by atoms with van der Waals surface area (Å²) in [6.07, 6.45) is 13.6.